The Balaban J connectivity index is 1.88. The number of benzene rings is 1. The third-order valence-electron chi connectivity index (χ3n) is 4.05. The second-order valence-corrected chi connectivity index (χ2v) is 5.49. The summed E-state index contributed by atoms with van der Waals surface area (Å²) >= 11 is 0. The number of rotatable bonds is 6. The van der Waals surface area contributed by atoms with Crippen molar-refractivity contribution in [2.75, 3.05) is 0 Å². The van der Waals surface area contributed by atoms with Crippen LogP contribution in [0.1, 0.15) is 48.9 Å². The van der Waals surface area contributed by atoms with Crippen LogP contribution in [-0.2, 0) is 0 Å². The Morgan fingerprint density at radius 2 is 1.95 bits per heavy atom. The second kappa shape index (κ2) is 7.85. The summed E-state index contributed by atoms with van der Waals surface area (Å²) in [5.74, 6) is 0.563. The Hall–Kier alpha value is -1.61. The lowest BCUT2D eigenvalue weighted by molar-refractivity contribution is 0.0912. The van der Waals surface area contributed by atoms with Crippen molar-refractivity contribution in [1.29, 1.82) is 0 Å². The minimum atomic E-state index is -0.0736. The molecule has 0 heterocycles. The van der Waals surface area contributed by atoms with E-state index in [1.54, 1.807) is 0 Å². The lowest BCUT2D eigenvalue weighted by atomic mass is 9.83. The molecule has 1 aromatic carbocycles. The van der Waals surface area contributed by atoms with Gasteiger partial charge in [0.1, 0.15) is 0 Å². The van der Waals surface area contributed by atoms with Crippen molar-refractivity contribution >= 4 is 5.91 Å². The van der Waals surface area contributed by atoms with E-state index in [1.165, 1.54) is 32.1 Å². The van der Waals surface area contributed by atoms with E-state index >= 15 is 0 Å². The van der Waals surface area contributed by atoms with Gasteiger partial charge in [0.2, 0.25) is 0 Å². The molecule has 1 unspecified atom stereocenters. The molecule has 20 heavy (non-hydrogen) atoms. The fourth-order valence-corrected chi connectivity index (χ4v) is 2.91. The number of carbonyl (C=O) groups is 1. The van der Waals surface area contributed by atoms with E-state index in [4.69, 9.17) is 0 Å². The van der Waals surface area contributed by atoms with Crippen molar-refractivity contribution in [1.82, 2.24) is 10.9 Å². The highest BCUT2D eigenvalue weighted by Gasteiger charge is 2.22. The summed E-state index contributed by atoms with van der Waals surface area (Å²) in [6.45, 7) is 3.83. The highest BCUT2D eigenvalue weighted by molar-refractivity contribution is 5.93. The first kappa shape index (κ1) is 14.8. The van der Waals surface area contributed by atoms with Gasteiger partial charge in [-0.25, -0.2) is 5.43 Å². The Kier molecular flexibility index (Phi) is 5.81. The second-order valence-electron chi connectivity index (χ2n) is 5.49. The molecule has 0 spiro atoms. The monoisotopic (exact) mass is 272 g/mol. The first-order valence-corrected chi connectivity index (χ1v) is 7.53. The lowest BCUT2D eigenvalue weighted by Crippen LogP contribution is -2.48. The zero-order chi connectivity index (χ0) is 14.2. The van der Waals surface area contributed by atoms with Gasteiger partial charge in [0.05, 0.1) is 0 Å². The van der Waals surface area contributed by atoms with Gasteiger partial charge in [-0.15, -0.1) is 6.58 Å². The van der Waals surface area contributed by atoms with E-state index in [0.29, 0.717) is 17.5 Å². The Labute approximate surface area is 121 Å². The van der Waals surface area contributed by atoms with Crippen molar-refractivity contribution in [3.8, 4) is 0 Å². The van der Waals surface area contributed by atoms with Crippen LogP contribution in [0.2, 0.25) is 0 Å². The summed E-state index contributed by atoms with van der Waals surface area (Å²) in [5, 5.41) is 0. The molecule has 0 bridgehead atoms. The summed E-state index contributed by atoms with van der Waals surface area (Å²) in [5.41, 5.74) is 6.74. The summed E-state index contributed by atoms with van der Waals surface area (Å²) < 4.78 is 0. The molecule has 3 nitrogen and oxygen atoms in total. The van der Waals surface area contributed by atoms with Crippen LogP contribution in [0, 0.1) is 5.92 Å². The Morgan fingerprint density at radius 1 is 1.25 bits per heavy atom. The molecule has 108 valence electrons. The summed E-state index contributed by atoms with van der Waals surface area (Å²) in [7, 11) is 0. The van der Waals surface area contributed by atoms with E-state index < -0.39 is 0 Å². The predicted molar refractivity (Wildman–Crippen MR) is 82.2 cm³/mol. The zero-order valence-electron chi connectivity index (χ0n) is 12.0. The van der Waals surface area contributed by atoms with Crippen LogP contribution in [0.25, 0.3) is 0 Å². The van der Waals surface area contributed by atoms with E-state index in [-0.39, 0.29) is 5.91 Å². The van der Waals surface area contributed by atoms with Gasteiger partial charge in [0.15, 0.2) is 0 Å². The van der Waals surface area contributed by atoms with Gasteiger partial charge in [-0.1, -0.05) is 43.5 Å². The maximum absolute atomic E-state index is 12.0. The Morgan fingerprint density at radius 3 is 2.60 bits per heavy atom. The van der Waals surface area contributed by atoms with Crippen LogP contribution < -0.4 is 10.9 Å². The van der Waals surface area contributed by atoms with Gasteiger partial charge in [-0.05, 0) is 37.3 Å². The average molecular weight is 272 g/mol. The predicted octanol–water partition coefficient (Wildman–Crippen LogP) is 3.45. The molecule has 0 aromatic heterocycles. The molecule has 1 atom stereocenters. The van der Waals surface area contributed by atoms with Crippen molar-refractivity contribution in [3.05, 3.63) is 48.6 Å². The molecule has 1 saturated carbocycles. The molecule has 1 aliphatic rings. The normalized spacial score (nSPS) is 17.4. The average Bonchev–Trinajstić information content (AvgIpc) is 2.53. The van der Waals surface area contributed by atoms with E-state index in [9.17, 15) is 4.79 Å². The molecule has 1 aliphatic carbocycles. The molecule has 1 aromatic rings. The number of amides is 1. The molecule has 1 fully saturated rings. The number of hydrogen-bond acceptors (Lipinski definition) is 2. The van der Waals surface area contributed by atoms with Crippen molar-refractivity contribution in [2.24, 2.45) is 5.92 Å². The van der Waals surface area contributed by atoms with Gasteiger partial charge in [0.25, 0.3) is 5.91 Å². The van der Waals surface area contributed by atoms with Crippen LogP contribution in [0.4, 0.5) is 0 Å². The highest BCUT2D eigenvalue weighted by Crippen LogP contribution is 2.27. The molecule has 0 saturated heterocycles. The van der Waals surface area contributed by atoms with Crippen LogP contribution in [-0.4, -0.2) is 11.9 Å². The molecular formula is C17H24N2O. The standard InChI is InChI=1S/C17H24N2O/c1-2-9-16(14-10-5-3-6-11-14)18-19-17(20)15-12-7-4-8-13-15/h2,4,7-8,12-14,16,18H,1,3,5-6,9-11H2,(H,19,20). The molecular weight excluding hydrogens is 248 g/mol. The summed E-state index contributed by atoms with van der Waals surface area (Å²) in [4.78, 5) is 12.0. The van der Waals surface area contributed by atoms with Gasteiger partial charge in [-0.3, -0.25) is 10.2 Å². The van der Waals surface area contributed by atoms with Crippen LogP contribution in [0.5, 0.6) is 0 Å². The first-order valence-electron chi connectivity index (χ1n) is 7.53. The number of hydrazine groups is 1. The number of carbonyl (C=O) groups excluding carboxylic acids is 1. The van der Waals surface area contributed by atoms with Crippen molar-refractivity contribution in [2.45, 2.75) is 44.6 Å². The third-order valence-corrected chi connectivity index (χ3v) is 4.05. The highest BCUT2D eigenvalue weighted by atomic mass is 16.2. The minimum absolute atomic E-state index is 0.0736. The smallest absolute Gasteiger partial charge is 0.265 e. The van der Waals surface area contributed by atoms with Gasteiger partial charge < -0.3 is 0 Å². The molecule has 1 amide bonds. The van der Waals surface area contributed by atoms with Crippen molar-refractivity contribution in [3.63, 3.8) is 0 Å². The summed E-state index contributed by atoms with van der Waals surface area (Å²) in [6, 6.07) is 9.59. The van der Waals surface area contributed by atoms with Gasteiger partial charge in [-0.2, -0.15) is 0 Å². The lowest BCUT2D eigenvalue weighted by Gasteiger charge is -2.30. The minimum Gasteiger partial charge on any atom is -0.287 e. The fraction of sp³-hybridized carbons (Fsp3) is 0.471. The maximum Gasteiger partial charge on any atom is 0.265 e. The third kappa shape index (κ3) is 4.20. The zero-order valence-corrected chi connectivity index (χ0v) is 12.0. The van der Waals surface area contributed by atoms with E-state index in [2.05, 4.69) is 17.4 Å². The van der Waals surface area contributed by atoms with Gasteiger partial charge in [0, 0.05) is 11.6 Å². The Bertz CT molecular complexity index is 424. The molecule has 2 N–H and O–H groups in total. The molecule has 2 rings (SSSR count). The molecule has 0 radical (unpaired) electrons. The molecule has 3 heteroatoms. The number of hydrogen-bond donors (Lipinski definition) is 2. The topological polar surface area (TPSA) is 41.1 Å². The number of nitrogens with one attached hydrogen (secondary N) is 2. The van der Waals surface area contributed by atoms with E-state index in [1.807, 2.05) is 36.4 Å². The van der Waals surface area contributed by atoms with E-state index in [0.717, 1.165) is 6.42 Å². The molecule has 0 aliphatic heterocycles. The quantitative estimate of drug-likeness (QED) is 0.615. The van der Waals surface area contributed by atoms with Crippen LogP contribution in [0.3, 0.4) is 0 Å². The summed E-state index contributed by atoms with van der Waals surface area (Å²) in [6.07, 6.45) is 9.24. The SMILES string of the molecule is C=CCC(NNC(=O)c1ccccc1)C1CCCCC1. The first-order chi connectivity index (χ1) is 9.81. The largest absolute Gasteiger partial charge is 0.287 e. The van der Waals surface area contributed by atoms with Crippen molar-refractivity contribution < 1.29 is 4.79 Å². The van der Waals surface area contributed by atoms with Gasteiger partial charge >= 0.3 is 0 Å². The van der Waals surface area contributed by atoms with Crippen LogP contribution >= 0.6 is 0 Å². The maximum atomic E-state index is 12.0. The fourth-order valence-electron chi connectivity index (χ4n) is 2.91. The van der Waals surface area contributed by atoms with Crippen LogP contribution in [0.15, 0.2) is 43.0 Å².